The summed E-state index contributed by atoms with van der Waals surface area (Å²) in [6, 6.07) is 5.06. The monoisotopic (exact) mass is 272 g/mol. The van der Waals surface area contributed by atoms with Crippen molar-refractivity contribution in [3.8, 4) is 0 Å². The van der Waals surface area contributed by atoms with Crippen LogP contribution in [-0.4, -0.2) is 6.04 Å². The predicted octanol–water partition coefficient (Wildman–Crippen LogP) is 3.82. The fraction of sp³-hybridized carbons (Fsp3) is 0.571. The van der Waals surface area contributed by atoms with E-state index in [1.54, 1.807) is 6.07 Å². The van der Waals surface area contributed by atoms with Gasteiger partial charge in [0, 0.05) is 6.04 Å². The Bertz CT molecular complexity index is 358. The molecule has 1 rings (SSSR count). The van der Waals surface area contributed by atoms with E-state index in [4.69, 9.17) is 17.4 Å². The van der Waals surface area contributed by atoms with Crippen molar-refractivity contribution in [1.29, 1.82) is 0 Å². The van der Waals surface area contributed by atoms with Crippen LogP contribution in [0.25, 0.3) is 0 Å². The van der Waals surface area contributed by atoms with E-state index in [1.165, 1.54) is 25.3 Å². The summed E-state index contributed by atoms with van der Waals surface area (Å²) in [5.74, 6) is 5.17. The van der Waals surface area contributed by atoms with Gasteiger partial charge in [0.2, 0.25) is 0 Å². The topological polar surface area (TPSA) is 38.0 Å². The van der Waals surface area contributed by atoms with Gasteiger partial charge in [-0.25, -0.2) is 4.39 Å². The van der Waals surface area contributed by atoms with E-state index < -0.39 is 0 Å². The molecule has 102 valence electrons. The summed E-state index contributed by atoms with van der Waals surface area (Å²) in [5.41, 5.74) is 3.61. The second kappa shape index (κ2) is 8.46. The number of unbranched alkanes of at least 4 members (excludes halogenated alkanes) is 3. The summed E-state index contributed by atoms with van der Waals surface area (Å²) in [4.78, 5) is 0. The molecule has 1 unspecified atom stereocenters. The molecule has 1 aromatic rings. The molecule has 0 heterocycles. The van der Waals surface area contributed by atoms with Crippen LogP contribution in [-0.2, 0) is 6.42 Å². The van der Waals surface area contributed by atoms with Gasteiger partial charge in [0.15, 0.2) is 0 Å². The number of nitrogens with one attached hydrogen (secondary N) is 1. The van der Waals surface area contributed by atoms with Crippen molar-refractivity contribution in [3.63, 3.8) is 0 Å². The summed E-state index contributed by atoms with van der Waals surface area (Å²) in [7, 11) is 0. The lowest BCUT2D eigenvalue weighted by molar-refractivity contribution is 0.462. The SMILES string of the molecule is CCCCCCC(Cc1cccc(F)c1Cl)NN. The lowest BCUT2D eigenvalue weighted by Gasteiger charge is -2.16. The summed E-state index contributed by atoms with van der Waals surface area (Å²) in [6.07, 6.45) is 6.47. The lowest BCUT2D eigenvalue weighted by Crippen LogP contribution is -2.36. The first-order chi connectivity index (χ1) is 8.69. The van der Waals surface area contributed by atoms with E-state index in [1.807, 2.05) is 6.07 Å². The van der Waals surface area contributed by atoms with Crippen LogP contribution in [0.2, 0.25) is 5.02 Å². The largest absolute Gasteiger partial charge is 0.271 e. The minimum atomic E-state index is -0.365. The van der Waals surface area contributed by atoms with Gasteiger partial charge in [-0.15, -0.1) is 0 Å². The molecule has 0 saturated heterocycles. The molecule has 2 nitrogen and oxygen atoms in total. The number of nitrogens with two attached hydrogens (primary N) is 1. The van der Waals surface area contributed by atoms with Gasteiger partial charge in [0.1, 0.15) is 5.82 Å². The molecule has 0 fully saturated rings. The van der Waals surface area contributed by atoms with Gasteiger partial charge >= 0.3 is 0 Å². The summed E-state index contributed by atoms with van der Waals surface area (Å²) < 4.78 is 13.3. The molecule has 0 aliphatic rings. The fourth-order valence-corrected chi connectivity index (χ4v) is 2.24. The first-order valence-corrected chi connectivity index (χ1v) is 6.95. The van der Waals surface area contributed by atoms with Gasteiger partial charge in [0.05, 0.1) is 5.02 Å². The normalized spacial score (nSPS) is 12.7. The maximum absolute atomic E-state index is 13.3. The molecule has 1 atom stereocenters. The standard InChI is InChI=1S/C14H22ClFN2/c1-2-3-4-5-8-12(18-17)10-11-7-6-9-13(16)14(11)15/h6-7,9,12,18H,2-5,8,10,17H2,1H3. The first kappa shape index (κ1) is 15.4. The van der Waals surface area contributed by atoms with E-state index in [-0.39, 0.29) is 16.9 Å². The van der Waals surface area contributed by atoms with Gasteiger partial charge < -0.3 is 0 Å². The van der Waals surface area contributed by atoms with Crippen molar-refractivity contribution in [3.05, 3.63) is 34.6 Å². The minimum Gasteiger partial charge on any atom is -0.271 e. The number of benzene rings is 1. The highest BCUT2D eigenvalue weighted by Crippen LogP contribution is 2.22. The predicted molar refractivity (Wildman–Crippen MR) is 75.0 cm³/mol. The zero-order chi connectivity index (χ0) is 13.4. The highest BCUT2D eigenvalue weighted by molar-refractivity contribution is 6.31. The van der Waals surface area contributed by atoms with Gasteiger partial charge in [-0.2, -0.15) is 0 Å². The quantitative estimate of drug-likeness (QED) is 0.429. The molecule has 4 heteroatoms. The third-order valence-corrected chi connectivity index (χ3v) is 3.56. The lowest BCUT2D eigenvalue weighted by atomic mass is 10.0. The van der Waals surface area contributed by atoms with Crippen LogP contribution < -0.4 is 11.3 Å². The van der Waals surface area contributed by atoms with Crippen LogP contribution in [0.15, 0.2) is 18.2 Å². The molecule has 1 aromatic carbocycles. The molecule has 18 heavy (non-hydrogen) atoms. The Hall–Kier alpha value is -0.640. The highest BCUT2D eigenvalue weighted by atomic mass is 35.5. The maximum Gasteiger partial charge on any atom is 0.142 e. The Kier molecular flexibility index (Phi) is 7.25. The van der Waals surface area contributed by atoms with E-state index in [0.29, 0.717) is 6.42 Å². The zero-order valence-corrected chi connectivity index (χ0v) is 11.6. The molecule has 0 aliphatic carbocycles. The molecule has 3 N–H and O–H groups in total. The molecular weight excluding hydrogens is 251 g/mol. The Balaban J connectivity index is 2.49. The number of rotatable bonds is 8. The summed E-state index contributed by atoms with van der Waals surface area (Å²) >= 11 is 5.93. The van der Waals surface area contributed by atoms with Crippen LogP contribution in [0.4, 0.5) is 4.39 Å². The van der Waals surface area contributed by atoms with Gasteiger partial charge in [0.25, 0.3) is 0 Å². The second-order valence-electron chi connectivity index (χ2n) is 4.63. The smallest absolute Gasteiger partial charge is 0.142 e. The van der Waals surface area contributed by atoms with Gasteiger partial charge in [-0.1, -0.05) is 56.3 Å². The van der Waals surface area contributed by atoms with Gasteiger partial charge in [-0.05, 0) is 24.5 Å². The third-order valence-electron chi connectivity index (χ3n) is 3.14. The molecule has 0 saturated carbocycles. The van der Waals surface area contributed by atoms with E-state index in [9.17, 15) is 4.39 Å². The summed E-state index contributed by atoms with van der Waals surface area (Å²) in [5, 5.41) is 0.214. The van der Waals surface area contributed by atoms with E-state index >= 15 is 0 Å². The van der Waals surface area contributed by atoms with E-state index in [2.05, 4.69) is 12.3 Å². The molecule has 0 aromatic heterocycles. The Morgan fingerprint density at radius 2 is 2.11 bits per heavy atom. The third kappa shape index (κ3) is 4.92. The van der Waals surface area contributed by atoms with Crippen molar-refractivity contribution < 1.29 is 4.39 Å². The average molecular weight is 273 g/mol. The fourth-order valence-electron chi connectivity index (χ4n) is 2.03. The Morgan fingerprint density at radius 1 is 1.33 bits per heavy atom. The van der Waals surface area contributed by atoms with Crippen LogP contribution in [0.1, 0.15) is 44.6 Å². The number of hydrogen-bond donors (Lipinski definition) is 2. The Morgan fingerprint density at radius 3 is 2.78 bits per heavy atom. The van der Waals surface area contributed by atoms with Crippen LogP contribution in [0.5, 0.6) is 0 Å². The molecule has 0 amide bonds. The number of halogens is 2. The minimum absolute atomic E-state index is 0.154. The zero-order valence-electron chi connectivity index (χ0n) is 10.9. The van der Waals surface area contributed by atoms with Crippen molar-refractivity contribution in [2.45, 2.75) is 51.5 Å². The Labute approximate surface area is 114 Å². The molecule has 0 aliphatic heterocycles. The molecule has 0 radical (unpaired) electrons. The van der Waals surface area contributed by atoms with E-state index in [0.717, 1.165) is 18.4 Å². The first-order valence-electron chi connectivity index (χ1n) is 6.58. The van der Waals surface area contributed by atoms with Crippen molar-refractivity contribution in [2.24, 2.45) is 5.84 Å². The van der Waals surface area contributed by atoms with Crippen LogP contribution in [0, 0.1) is 5.82 Å². The molecule has 0 spiro atoms. The summed E-state index contributed by atoms with van der Waals surface area (Å²) in [6.45, 7) is 2.19. The highest BCUT2D eigenvalue weighted by Gasteiger charge is 2.12. The van der Waals surface area contributed by atoms with Crippen molar-refractivity contribution >= 4 is 11.6 Å². The number of hydrogen-bond acceptors (Lipinski definition) is 2. The maximum atomic E-state index is 13.3. The van der Waals surface area contributed by atoms with Crippen LogP contribution in [0.3, 0.4) is 0 Å². The van der Waals surface area contributed by atoms with Crippen LogP contribution >= 0.6 is 11.6 Å². The van der Waals surface area contributed by atoms with Crippen molar-refractivity contribution in [1.82, 2.24) is 5.43 Å². The second-order valence-corrected chi connectivity index (χ2v) is 5.01. The molecule has 0 bridgehead atoms. The van der Waals surface area contributed by atoms with Crippen molar-refractivity contribution in [2.75, 3.05) is 0 Å². The number of hydrazine groups is 1. The molecular formula is C14H22ClFN2. The average Bonchev–Trinajstić information content (AvgIpc) is 2.38. The van der Waals surface area contributed by atoms with Gasteiger partial charge in [-0.3, -0.25) is 11.3 Å².